The third-order valence-corrected chi connectivity index (χ3v) is 8.05. The van der Waals surface area contributed by atoms with Gasteiger partial charge in [0.15, 0.2) is 8.32 Å². The highest BCUT2D eigenvalue weighted by Crippen LogP contribution is 2.38. The lowest BCUT2D eigenvalue weighted by Gasteiger charge is -2.39. The van der Waals surface area contributed by atoms with E-state index in [9.17, 15) is 0 Å². The normalized spacial score (nSPS) is 29.6. The third kappa shape index (κ3) is 2.58. The summed E-state index contributed by atoms with van der Waals surface area (Å²) in [6.07, 6.45) is 0.330. The van der Waals surface area contributed by atoms with Crippen LogP contribution >= 0.6 is 0 Å². The minimum absolute atomic E-state index is 0.301. The Hall–Kier alpha value is 0.137. The van der Waals surface area contributed by atoms with Crippen LogP contribution in [0.4, 0.5) is 0 Å². The standard InChI is InChI=1S/C11H24O2Si/c1-9-7-12-8-10(9)13-14(5,6)11(2,3)4/h9-10H,7-8H2,1-6H3/t9-,10+/m1/s1. The Morgan fingerprint density at radius 3 is 2.14 bits per heavy atom. The monoisotopic (exact) mass is 216 g/mol. The molecule has 1 aliphatic rings. The average molecular weight is 216 g/mol. The van der Waals surface area contributed by atoms with Crippen molar-refractivity contribution < 1.29 is 9.16 Å². The highest BCUT2D eigenvalue weighted by atomic mass is 28.4. The lowest BCUT2D eigenvalue weighted by atomic mass is 10.1. The molecule has 84 valence electrons. The van der Waals surface area contributed by atoms with Crippen LogP contribution in [-0.4, -0.2) is 27.6 Å². The van der Waals surface area contributed by atoms with Crippen LogP contribution in [-0.2, 0) is 9.16 Å². The van der Waals surface area contributed by atoms with Crippen LogP contribution in [0.25, 0.3) is 0 Å². The molecule has 14 heavy (non-hydrogen) atoms. The summed E-state index contributed by atoms with van der Waals surface area (Å²) in [6, 6.07) is 0. The highest BCUT2D eigenvalue weighted by Gasteiger charge is 2.41. The first-order valence-electron chi connectivity index (χ1n) is 5.49. The average Bonchev–Trinajstić information content (AvgIpc) is 2.33. The molecule has 1 heterocycles. The molecule has 0 radical (unpaired) electrons. The molecule has 2 atom stereocenters. The maximum absolute atomic E-state index is 6.29. The second-order valence-electron chi connectivity index (χ2n) is 5.93. The van der Waals surface area contributed by atoms with Crippen molar-refractivity contribution in [3.8, 4) is 0 Å². The fraction of sp³-hybridized carbons (Fsp3) is 1.00. The smallest absolute Gasteiger partial charge is 0.192 e. The van der Waals surface area contributed by atoms with Gasteiger partial charge in [-0.05, 0) is 18.1 Å². The van der Waals surface area contributed by atoms with Gasteiger partial charge in [-0.3, -0.25) is 0 Å². The molecular weight excluding hydrogens is 192 g/mol. The summed E-state index contributed by atoms with van der Waals surface area (Å²) in [5.74, 6) is 0.559. The van der Waals surface area contributed by atoms with Gasteiger partial charge in [-0.15, -0.1) is 0 Å². The molecule has 1 fully saturated rings. The molecule has 0 saturated carbocycles. The maximum atomic E-state index is 6.29. The van der Waals surface area contributed by atoms with Crippen molar-refractivity contribution in [1.29, 1.82) is 0 Å². The van der Waals surface area contributed by atoms with E-state index in [1.807, 2.05) is 0 Å². The van der Waals surface area contributed by atoms with Gasteiger partial charge in [0.1, 0.15) is 0 Å². The van der Waals surface area contributed by atoms with Gasteiger partial charge in [-0.2, -0.15) is 0 Å². The van der Waals surface area contributed by atoms with Crippen LogP contribution in [0.1, 0.15) is 27.7 Å². The summed E-state index contributed by atoms with van der Waals surface area (Å²) in [5.41, 5.74) is 0. The quantitative estimate of drug-likeness (QED) is 0.661. The van der Waals surface area contributed by atoms with E-state index in [4.69, 9.17) is 9.16 Å². The van der Waals surface area contributed by atoms with Crippen LogP contribution in [0.15, 0.2) is 0 Å². The SMILES string of the molecule is C[C@@H]1COC[C@@H]1O[Si](C)(C)C(C)(C)C. The van der Waals surface area contributed by atoms with Crippen LogP contribution in [0, 0.1) is 5.92 Å². The first-order valence-corrected chi connectivity index (χ1v) is 8.40. The van der Waals surface area contributed by atoms with Gasteiger partial charge in [-0.1, -0.05) is 27.7 Å². The van der Waals surface area contributed by atoms with Crippen LogP contribution in [0.5, 0.6) is 0 Å². The van der Waals surface area contributed by atoms with Crippen molar-refractivity contribution in [2.75, 3.05) is 13.2 Å². The minimum Gasteiger partial charge on any atom is -0.411 e. The van der Waals surface area contributed by atoms with E-state index < -0.39 is 8.32 Å². The molecule has 0 unspecified atom stereocenters. The molecule has 1 rings (SSSR count). The molecule has 0 bridgehead atoms. The molecule has 0 N–H and O–H groups in total. The van der Waals surface area contributed by atoms with E-state index in [0.29, 0.717) is 17.1 Å². The van der Waals surface area contributed by atoms with Gasteiger partial charge in [0.05, 0.1) is 19.3 Å². The Bertz CT molecular complexity index is 196. The predicted molar refractivity (Wildman–Crippen MR) is 62.1 cm³/mol. The molecule has 0 aromatic rings. The lowest BCUT2D eigenvalue weighted by molar-refractivity contribution is 0.126. The lowest BCUT2D eigenvalue weighted by Crippen LogP contribution is -2.45. The van der Waals surface area contributed by atoms with E-state index >= 15 is 0 Å². The Morgan fingerprint density at radius 2 is 1.79 bits per heavy atom. The summed E-state index contributed by atoms with van der Waals surface area (Å²) in [4.78, 5) is 0. The van der Waals surface area contributed by atoms with Gasteiger partial charge in [-0.25, -0.2) is 0 Å². The Labute approximate surface area is 89.1 Å². The predicted octanol–water partition coefficient (Wildman–Crippen LogP) is 3.04. The number of rotatable bonds is 2. The van der Waals surface area contributed by atoms with Gasteiger partial charge in [0.25, 0.3) is 0 Å². The van der Waals surface area contributed by atoms with Crippen LogP contribution in [0.2, 0.25) is 18.1 Å². The van der Waals surface area contributed by atoms with Crippen LogP contribution < -0.4 is 0 Å². The molecule has 1 saturated heterocycles. The number of ether oxygens (including phenoxy) is 1. The Morgan fingerprint density at radius 1 is 1.21 bits per heavy atom. The molecule has 0 aliphatic carbocycles. The summed E-state index contributed by atoms with van der Waals surface area (Å²) in [5, 5.41) is 0.301. The van der Waals surface area contributed by atoms with Gasteiger partial charge < -0.3 is 9.16 Å². The maximum Gasteiger partial charge on any atom is 0.192 e. The summed E-state index contributed by atoms with van der Waals surface area (Å²) in [7, 11) is -1.59. The molecule has 3 heteroatoms. The van der Waals surface area contributed by atoms with Crippen molar-refractivity contribution in [2.24, 2.45) is 5.92 Å². The van der Waals surface area contributed by atoms with E-state index in [1.165, 1.54) is 0 Å². The topological polar surface area (TPSA) is 18.5 Å². The van der Waals surface area contributed by atoms with E-state index in [1.54, 1.807) is 0 Å². The molecule has 0 aromatic heterocycles. The van der Waals surface area contributed by atoms with Gasteiger partial charge in [0, 0.05) is 5.92 Å². The third-order valence-electron chi connectivity index (χ3n) is 3.55. The molecule has 0 spiro atoms. The minimum atomic E-state index is -1.59. The molecule has 1 aliphatic heterocycles. The van der Waals surface area contributed by atoms with Crippen LogP contribution in [0.3, 0.4) is 0 Å². The fourth-order valence-corrected chi connectivity index (χ4v) is 2.76. The van der Waals surface area contributed by atoms with E-state index in [0.717, 1.165) is 13.2 Å². The molecule has 0 amide bonds. The molecule has 2 nitrogen and oxygen atoms in total. The van der Waals surface area contributed by atoms with Crippen molar-refractivity contribution in [1.82, 2.24) is 0 Å². The first kappa shape index (κ1) is 12.2. The van der Waals surface area contributed by atoms with Crippen molar-refractivity contribution in [3.63, 3.8) is 0 Å². The zero-order valence-corrected chi connectivity index (χ0v) is 11.4. The second-order valence-corrected chi connectivity index (χ2v) is 10.7. The van der Waals surface area contributed by atoms with Crippen molar-refractivity contribution in [2.45, 2.75) is 51.9 Å². The molecule has 0 aromatic carbocycles. The molecular formula is C11H24O2Si. The van der Waals surface area contributed by atoms with Gasteiger partial charge in [0.2, 0.25) is 0 Å². The summed E-state index contributed by atoms with van der Waals surface area (Å²) < 4.78 is 11.7. The van der Waals surface area contributed by atoms with Crippen molar-refractivity contribution in [3.05, 3.63) is 0 Å². The number of hydrogen-bond donors (Lipinski definition) is 0. The van der Waals surface area contributed by atoms with Crippen molar-refractivity contribution >= 4 is 8.32 Å². The van der Waals surface area contributed by atoms with E-state index in [-0.39, 0.29) is 0 Å². The zero-order valence-electron chi connectivity index (χ0n) is 10.4. The Balaban J connectivity index is 2.58. The largest absolute Gasteiger partial charge is 0.411 e. The Kier molecular flexibility index (Phi) is 3.44. The summed E-state index contributed by atoms with van der Waals surface area (Å²) >= 11 is 0. The highest BCUT2D eigenvalue weighted by molar-refractivity contribution is 6.74. The van der Waals surface area contributed by atoms with E-state index in [2.05, 4.69) is 40.8 Å². The first-order chi connectivity index (χ1) is 6.24. The fourth-order valence-electron chi connectivity index (χ4n) is 1.35. The zero-order chi connectivity index (χ0) is 11.0. The van der Waals surface area contributed by atoms with Gasteiger partial charge >= 0.3 is 0 Å². The summed E-state index contributed by atoms with van der Waals surface area (Å²) in [6.45, 7) is 15.3. The second kappa shape index (κ2) is 3.95. The number of hydrogen-bond acceptors (Lipinski definition) is 2.